The minimum absolute atomic E-state index is 0.0655. The molecule has 14 nitrogen and oxygen atoms in total. The van der Waals surface area contributed by atoms with Gasteiger partial charge in [-0.1, -0.05) is 25.1 Å². The Morgan fingerprint density at radius 3 is 2.25 bits per heavy atom. The van der Waals surface area contributed by atoms with Crippen LogP contribution in [0.3, 0.4) is 0 Å². The summed E-state index contributed by atoms with van der Waals surface area (Å²) < 4.78 is 22.1. The summed E-state index contributed by atoms with van der Waals surface area (Å²) in [7, 11) is 0. The molecule has 0 aliphatic carbocycles. The molecule has 14 heteroatoms. The van der Waals surface area contributed by atoms with Gasteiger partial charge in [0, 0.05) is 49.1 Å². The topological polar surface area (TPSA) is 130 Å². The van der Waals surface area contributed by atoms with Crippen molar-refractivity contribution >= 4 is 22.3 Å². The van der Waals surface area contributed by atoms with Crippen molar-refractivity contribution in [2.24, 2.45) is 0 Å². The maximum Gasteiger partial charge on any atom is 0.350 e. The highest BCUT2D eigenvalue weighted by Crippen LogP contribution is 2.35. The number of ether oxygens (including phenoxy) is 3. The van der Waals surface area contributed by atoms with Crippen LogP contribution in [0.1, 0.15) is 32.1 Å². The highest BCUT2D eigenvalue weighted by Gasteiger charge is 2.47. The second-order valence-electron chi connectivity index (χ2n) is 12.9. The number of rotatable bonds is 11. The zero-order chi connectivity index (χ0) is 34.8. The Hall–Kier alpha value is -5.60. The van der Waals surface area contributed by atoms with Gasteiger partial charge in [-0.05, 0) is 67.9 Å². The van der Waals surface area contributed by atoms with E-state index in [0.29, 0.717) is 19.0 Å². The monoisotopic (exact) mass is 688 g/mol. The lowest BCUT2D eigenvalue weighted by Crippen LogP contribution is -2.46. The average Bonchev–Trinajstić information content (AvgIpc) is 3.95. The van der Waals surface area contributed by atoms with Crippen molar-refractivity contribution in [3.63, 3.8) is 0 Å². The molecule has 0 saturated carbocycles. The third kappa shape index (κ3) is 6.67. The van der Waals surface area contributed by atoms with E-state index in [1.165, 1.54) is 4.80 Å². The minimum Gasteiger partial charge on any atom is -0.491 e. The van der Waals surface area contributed by atoms with Gasteiger partial charge >= 0.3 is 5.69 Å². The predicted molar refractivity (Wildman–Crippen MR) is 191 cm³/mol. The van der Waals surface area contributed by atoms with Crippen LogP contribution in [0.2, 0.25) is 0 Å². The molecule has 2 saturated heterocycles. The van der Waals surface area contributed by atoms with Crippen molar-refractivity contribution in [1.82, 2.24) is 39.3 Å². The minimum atomic E-state index is -1.25. The first-order valence-electron chi connectivity index (χ1n) is 17.4. The molecule has 5 heterocycles. The van der Waals surface area contributed by atoms with E-state index < -0.39 is 5.79 Å². The van der Waals surface area contributed by atoms with Crippen LogP contribution < -0.4 is 20.2 Å². The zero-order valence-corrected chi connectivity index (χ0v) is 28.7. The van der Waals surface area contributed by atoms with E-state index in [1.54, 1.807) is 34.2 Å². The molecule has 2 aliphatic rings. The van der Waals surface area contributed by atoms with Crippen LogP contribution in [0.4, 0.5) is 11.4 Å². The molecule has 6 aromatic rings. The number of anilines is 2. The molecule has 3 atom stereocenters. The van der Waals surface area contributed by atoms with Gasteiger partial charge in [-0.25, -0.2) is 24.0 Å². The summed E-state index contributed by atoms with van der Waals surface area (Å²) in [6, 6.07) is 24.2. The molecule has 3 aromatic heterocycles. The second kappa shape index (κ2) is 14.0. The molecular formula is C37H40N10O4. The molecule has 0 spiro atoms. The Labute approximate surface area is 294 Å². The SMILES string of the molecule is CCC(C)n1ncn(-c2ccc(N3CCN(c4ccc(OCC5COC(Cn6nccn6)(c6ncc7ccccc7n6)O5)cc4)CC3)cc2)c1=O. The van der Waals surface area contributed by atoms with Gasteiger partial charge in [0.1, 0.15) is 31.3 Å². The Morgan fingerprint density at radius 2 is 1.55 bits per heavy atom. The van der Waals surface area contributed by atoms with Gasteiger partial charge in [0.05, 0.1) is 36.2 Å². The van der Waals surface area contributed by atoms with Gasteiger partial charge in [0.25, 0.3) is 5.79 Å². The highest BCUT2D eigenvalue weighted by atomic mass is 16.8. The summed E-state index contributed by atoms with van der Waals surface area (Å²) >= 11 is 0. The van der Waals surface area contributed by atoms with Crippen molar-refractivity contribution < 1.29 is 14.2 Å². The van der Waals surface area contributed by atoms with E-state index in [0.717, 1.165) is 66.3 Å². The number of hydrogen-bond donors (Lipinski definition) is 0. The first kappa shape index (κ1) is 32.6. The van der Waals surface area contributed by atoms with Crippen molar-refractivity contribution in [3.05, 3.63) is 114 Å². The first-order valence-corrected chi connectivity index (χ1v) is 17.4. The summed E-state index contributed by atoms with van der Waals surface area (Å²) in [5.74, 6) is -0.0744. The van der Waals surface area contributed by atoms with E-state index in [-0.39, 0.29) is 24.4 Å². The molecule has 51 heavy (non-hydrogen) atoms. The number of fused-ring (bicyclic) bond motifs is 1. The Bertz CT molecular complexity index is 2130. The number of aromatic nitrogens is 8. The van der Waals surface area contributed by atoms with E-state index >= 15 is 0 Å². The molecule has 262 valence electrons. The van der Waals surface area contributed by atoms with Crippen LogP contribution in [0.25, 0.3) is 16.6 Å². The van der Waals surface area contributed by atoms with E-state index in [1.807, 2.05) is 55.5 Å². The summed E-state index contributed by atoms with van der Waals surface area (Å²) in [5.41, 5.74) is 3.79. The number of benzene rings is 3. The molecule has 0 radical (unpaired) electrons. The highest BCUT2D eigenvalue weighted by molar-refractivity contribution is 5.77. The van der Waals surface area contributed by atoms with Crippen molar-refractivity contribution in [2.75, 3.05) is 49.2 Å². The number of para-hydroxylation sites is 1. The molecule has 0 amide bonds. The summed E-state index contributed by atoms with van der Waals surface area (Å²) in [6.07, 6.45) is 7.12. The van der Waals surface area contributed by atoms with E-state index in [4.69, 9.17) is 19.2 Å². The maximum atomic E-state index is 12.8. The maximum absolute atomic E-state index is 12.8. The third-order valence-corrected chi connectivity index (χ3v) is 9.62. The molecule has 3 unspecified atom stereocenters. The first-order chi connectivity index (χ1) is 25.0. The fourth-order valence-corrected chi connectivity index (χ4v) is 6.54. The average molecular weight is 689 g/mol. The summed E-state index contributed by atoms with van der Waals surface area (Å²) in [5, 5.41) is 13.8. The smallest absolute Gasteiger partial charge is 0.350 e. The lowest BCUT2D eigenvalue weighted by atomic mass is 10.2. The van der Waals surface area contributed by atoms with Crippen molar-refractivity contribution in [3.8, 4) is 11.4 Å². The number of nitrogens with zero attached hydrogens (tertiary/aromatic N) is 10. The second-order valence-corrected chi connectivity index (χ2v) is 12.9. The fourth-order valence-electron chi connectivity index (χ4n) is 6.54. The van der Waals surface area contributed by atoms with Crippen molar-refractivity contribution in [2.45, 2.75) is 44.7 Å². The van der Waals surface area contributed by atoms with Gasteiger partial charge in [0.2, 0.25) is 0 Å². The molecular weight excluding hydrogens is 648 g/mol. The molecule has 2 aliphatic heterocycles. The summed E-state index contributed by atoms with van der Waals surface area (Å²) in [4.78, 5) is 28.5. The van der Waals surface area contributed by atoms with Crippen molar-refractivity contribution in [1.29, 1.82) is 0 Å². The van der Waals surface area contributed by atoms with Crippen LogP contribution in [-0.2, 0) is 21.8 Å². The molecule has 0 N–H and O–H groups in total. The standard InChI is InChI=1S/C37H40N10O4/c1-3-27(2)47-36(48)45(26-41-47)31-10-8-29(9-11-31)43-18-20-44(21-19-43)30-12-14-32(15-13-30)49-23-33-24-50-37(51-33,25-46-39-16-17-40-46)35-38-22-28-6-4-5-7-34(28)42-35/h4-17,22,26-27,33H,3,18-21,23-25H2,1-2H3. The van der Waals surface area contributed by atoms with Crippen LogP contribution in [-0.4, -0.2) is 84.8 Å². The lowest BCUT2D eigenvalue weighted by Gasteiger charge is -2.37. The summed E-state index contributed by atoms with van der Waals surface area (Å²) in [6.45, 7) is 8.42. The van der Waals surface area contributed by atoms with Gasteiger partial charge in [-0.15, -0.1) is 0 Å². The van der Waals surface area contributed by atoms with E-state index in [2.05, 4.69) is 61.3 Å². The number of hydrogen-bond acceptors (Lipinski definition) is 11. The molecule has 2 fully saturated rings. The Balaban J connectivity index is 0.859. The third-order valence-electron chi connectivity index (χ3n) is 9.62. The van der Waals surface area contributed by atoms with Gasteiger partial charge in [-0.2, -0.15) is 20.1 Å². The Morgan fingerprint density at radius 1 is 0.882 bits per heavy atom. The van der Waals surface area contributed by atoms with Crippen LogP contribution >= 0.6 is 0 Å². The molecule has 0 bridgehead atoms. The normalized spacial score (nSPS) is 19.8. The van der Waals surface area contributed by atoms with E-state index in [9.17, 15) is 4.79 Å². The Kier molecular flexibility index (Phi) is 8.92. The van der Waals surface area contributed by atoms with Gasteiger partial charge < -0.3 is 24.0 Å². The van der Waals surface area contributed by atoms with Crippen LogP contribution in [0.15, 0.2) is 103 Å². The molecule has 3 aromatic carbocycles. The quantitative estimate of drug-likeness (QED) is 0.194. The van der Waals surface area contributed by atoms with Gasteiger partial charge in [0.15, 0.2) is 5.82 Å². The number of piperazine rings is 1. The van der Waals surface area contributed by atoms with Crippen LogP contribution in [0.5, 0.6) is 5.75 Å². The predicted octanol–water partition coefficient (Wildman–Crippen LogP) is 4.21. The lowest BCUT2D eigenvalue weighted by molar-refractivity contribution is -0.198. The largest absolute Gasteiger partial charge is 0.491 e. The molecule has 8 rings (SSSR count). The fraction of sp³-hybridized carbons (Fsp3) is 0.351. The van der Waals surface area contributed by atoms with Crippen LogP contribution in [0, 0.1) is 0 Å². The van der Waals surface area contributed by atoms with Gasteiger partial charge in [-0.3, -0.25) is 0 Å². The zero-order valence-electron chi connectivity index (χ0n) is 28.7.